The predicted molar refractivity (Wildman–Crippen MR) is 303 cm³/mol. The van der Waals surface area contributed by atoms with E-state index in [4.69, 9.17) is 23.7 Å². The number of hydrogen-bond acceptors (Lipinski definition) is 11. The first-order valence-electron chi connectivity index (χ1n) is 28.9. The van der Waals surface area contributed by atoms with Crippen molar-refractivity contribution in [2.24, 2.45) is 0 Å². The Morgan fingerprint density at radius 2 is 0.840 bits per heavy atom. The molecule has 1 heterocycles. The van der Waals surface area contributed by atoms with Crippen LogP contribution in [-0.2, 0) is 42.9 Å². The van der Waals surface area contributed by atoms with Crippen LogP contribution in [0.3, 0.4) is 0 Å². The van der Waals surface area contributed by atoms with E-state index in [2.05, 4.69) is 130 Å². The molecular formula is C63H100O12. The minimum Gasteiger partial charge on any atom is -0.479 e. The average Bonchev–Trinajstić information content (AvgIpc) is 3.39. The molecule has 12 nitrogen and oxygen atoms in total. The first kappa shape index (κ1) is 68.4. The highest BCUT2D eigenvalue weighted by atomic mass is 16.7. The molecule has 0 spiro atoms. The summed E-state index contributed by atoms with van der Waals surface area (Å²) in [5.74, 6) is -3.23. The van der Waals surface area contributed by atoms with Gasteiger partial charge >= 0.3 is 23.9 Å². The van der Waals surface area contributed by atoms with Crippen molar-refractivity contribution in [2.45, 2.75) is 250 Å². The summed E-state index contributed by atoms with van der Waals surface area (Å²) in [5, 5.41) is 31.5. The number of aliphatic hydroxyl groups excluding tert-OH is 2. The molecule has 1 aliphatic rings. The van der Waals surface area contributed by atoms with E-state index in [1.54, 1.807) is 0 Å². The summed E-state index contributed by atoms with van der Waals surface area (Å²) in [4.78, 5) is 51.1. The van der Waals surface area contributed by atoms with E-state index in [1.165, 1.54) is 25.7 Å². The quantitative estimate of drug-likeness (QED) is 0.0228. The summed E-state index contributed by atoms with van der Waals surface area (Å²) in [6.45, 7) is 5.68. The molecule has 0 aliphatic carbocycles. The van der Waals surface area contributed by atoms with E-state index >= 15 is 0 Å². The normalized spacial score (nSPS) is 19.0. The first-order chi connectivity index (χ1) is 36.6. The van der Waals surface area contributed by atoms with Crippen LogP contribution in [0.4, 0.5) is 0 Å². The predicted octanol–water partition coefficient (Wildman–Crippen LogP) is 14.7. The molecule has 75 heavy (non-hydrogen) atoms. The van der Waals surface area contributed by atoms with Gasteiger partial charge in [-0.1, -0.05) is 182 Å². The van der Waals surface area contributed by atoms with Gasteiger partial charge in [-0.05, 0) is 122 Å². The summed E-state index contributed by atoms with van der Waals surface area (Å²) in [6.07, 6.45) is 54.9. The third-order valence-electron chi connectivity index (χ3n) is 12.3. The Hall–Kier alpha value is -4.62. The van der Waals surface area contributed by atoms with Crippen molar-refractivity contribution in [1.82, 2.24) is 0 Å². The standard InChI is InChI=1S/C63H100O12/c1-4-7-10-13-16-19-22-25-27-28-30-33-36-39-42-45-48-51-57(66)74-61-59(68)58(67)60(62(69)70)75-63(61)72-53-54(73-56(65)50-47-44-41-38-35-31-24-21-18-15-12-9-6-3)52-71-55(64)49-46-43-40-37-34-32-29-26-23-20-17-14-11-8-5-2/h7-8,10-11,16-17,19-21,24-27,29-30,33-34,37,54,58-61,63,67-68H,4-6,9,12-15,18,22-23,28,31-32,35-36,38-53H2,1-3H3,(H,69,70)/b10-7-,11-8-,19-16-,20-17-,24-21-,27-25-,29-26-,33-30-,37-34-. The van der Waals surface area contributed by atoms with Crippen molar-refractivity contribution in [1.29, 1.82) is 0 Å². The Morgan fingerprint density at radius 3 is 1.32 bits per heavy atom. The lowest BCUT2D eigenvalue weighted by Crippen LogP contribution is -2.61. The average molecular weight is 1050 g/mol. The fourth-order valence-electron chi connectivity index (χ4n) is 7.93. The Balaban J connectivity index is 2.75. The molecule has 1 fully saturated rings. The Morgan fingerprint density at radius 1 is 0.453 bits per heavy atom. The highest BCUT2D eigenvalue weighted by Crippen LogP contribution is 2.26. The third-order valence-corrected chi connectivity index (χ3v) is 12.3. The van der Waals surface area contributed by atoms with Crippen LogP contribution in [0, 0.1) is 0 Å². The van der Waals surface area contributed by atoms with Gasteiger partial charge in [-0.2, -0.15) is 0 Å². The van der Waals surface area contributed by atoms with E-state index in [0.29, 0.717) is 19.3 Å². The molecule has 12 heteroatoms. The number of hydrogen-bond donors (Lipinski definition) is 3. The smallest absolute Gasteiger partial charge is 0.335 e. The molecule has 1 saturated heterocycles. The summed E-state index contributed by atoms with van der Waals surface area (Å²) in [7, 11) is 0. The summed E-state index contributed by atoms with van der Waals surface area (Å²) in [5.41, 5.74) is 0. The van der Waals surface area contributed by atoms with E-state index < -0.39 is 67.3 Å². The Bertz CT molecular complexity index is 1720. The lowest BCUT2D eigenvalue weighted by atomic mass is 9.98. The first-order valence-corrected chi connectivity index (χ1v) is 28.9. The van der Waals surface area contributed by atoms with Crippen LogP contribution >= 0.6 is 0 Å². The monoisotopic (exact) mass is 1050 g/mol. The zero-order chi connectivity index (χ0) is 54.7. The minimum atomic E-state index is -1.92. The van der Waals surface area contributed by atoms with Crippen molar-refractivity contribution < 1.29 is 58.2 Å². The molecule has 0 radical (unpaired) electrons. The Labute approximate surface area is 453 Å². The number of aliphatic hydroxyl groups is 2. The molecule has 1 aliphatic heterocycles. The van der Waals surface area contributed by atoms with Gasteiger partial charge in [0.05, 0.1) is 6.61 Å². The van der Waals surface area contributed by atoms with E-state index in [9.17, 15) is 34.5 Å². The van der Waals surface area contributed by atoms with Crippen molar-refractivity contribution in [2.75, 3.05) is 13.2 Å². The summed E-state index contributed by atoms with van der Waals surface area (Å²) < 4.78 is 28.3. The maximum absolute atomic E-state index is 13.1. The number of carboxylic acids is 1. The van der Waals surface area contributed by atoms with Crippen LogP contribution in [0.1, 0.15) is 213 Å². The highest BCUT2D eigenvalue weighted by Gasteiger charge is 2.50. The van der Waals surface area contributed by atoms with Crippen molar-refractivity contribution in [3.8, 4) is 0 Å². The van der Waals surface area contributed by atoms with Crippen LogP contribution in [0.25, 0.3) is 0 Å². The largest absolute Gasteiger partial charge is 0.479 e. The van der Waals surface area contributed by atoms with Crippen LogP contribution in [0.5, 0.6) is 0 Å². The molecule has 0 bridgehead atoms. The van der Waals surface area contributed by atoms with E-state index in [0.717, 1.165) is 128 Å². The number of esters is 3. The van der Waals surface area contributed by atoms with Crippen LogP contribution < -0.4 is 0 Å². The minimum absolute atomic E-state index is 0.0221. The SMILES string of the molecule is CC/C=C\C/C=C\C/C=C\C/C=C\CCCCCCC(=O)OC1C(OCC(COC(=O)CCCC/C=C\C/C=C\C/C=C\C/C=C\CC)OC(=O)CCCCCCC/C=C\CCCCCC)OC(C(=O)O)C(O)C1O. The lowest BCUT2D eigenvalue weighted by molar-refractivity contribution is -0.301. The molecule has 6 atom stereocenters. The van der Waals surface area contributed by atoms with Gasteiger partial charge in [0.1, 0.15) is 18.8 Å². The molecule has 424 valence electrons. The number of allylic oxidation sites excluding steroid dienone is 18. The van der Waals surface area contributed by atoms with Gasteiger partial charge in [-0.25, -0.2) is 4.79 Å². The van der Waals surface area contributed by atoms with Crippen LogP contribution in [0.2, 0.25) is 0 Å². The number of rotatable bonds is 47. The second-order valence-electron chi connectivity index (χ2n) is 19.2. The van der Waals surface area contributed by atoms with Gasteiger partial charge < -0.3 is 39.0 Å². The molecule has 0 saturated carbocycles. The number of carboxylic acid groups (broad SMARTS) is 1. The van der Waals surface area contributed by atoms with E-state index in [-0.39, 0.29) is 25.9 Å². The van der Waals surface area contributed by atoms with Gasteiger partial charge in [0.25, 0.3) is 0 Å². The van der Waals surface area contributed by atoms with Crippen LogP contribution in [0.15, 0.2) is 109 Å². The topological polar surface area (TPSA) is 175 Å². The number of unbranched alkanes of at least 4 members (excludes halogenated alkanes) is 15. The molecular weight excluding hydrogens is 949 g/mol. The highest BCUT2D eigenvalue weighted by molar-refractivity contribution is 5.74. The van der Waals surface area contributed by atoms with Gasteiger partial charge in [0, 0.05) is 19.3 Å². The fraction of sp³-hybridized carbons (Fsp3) is 0.651. The Kier molecular flexibility index (Phi) is 45.8. The fourth-order valence-corrected chi connectivity index (χ4v) is 7.93. The molecule has 1 rings (SSSR count). The second-order valence-corrected chi connectivity index (χ2v) is 19.2. The molecule has 0 amide bonds. The zero-order valence-electron chi connectivity index (χ0n) is 46.5. The zero-order valence-corrected chi connectivity index (χ0v) is 46.5. The van der Waals surface area contributed by atoms with Crippen LogP contribution in [-0.4, -0.2) is 89.2 Å². The maximum Gasteiger partial charge on any atom is 0.335 e. The summed E-state index contributed by atoms with van der Waals surface area (Å²) >= 11 is 0. The van der Waals surface area contributed by atoms with Crippen molar-refractivity contribution in [3.05, 3.63) is 109 Å². The number of aliphatic carboxylic acids is 1. The second kappa shape index (κ2) is 50.2. The number of ether oxygens (including phenoxy) is 5. The maximum atomic E-state index is 13.1. The molecule has 0 aromatic rings. The summed E-state index contributed by atoms with van der Waals surface area (Å²) in [6, 6.07) is 0. The van der Waals surface area contributed by atoms with Gasteiger partial charge in [-0.15, -0.1) is 0 Å². The molecule has 0 aromatic carbocycles. The molecule has 0 aromatic heterocycles. The van der Waals surface area contributed by atoms with Crippen molar-refractivity contribution >= 4 is 23.9 Å². The van der Waals surface area contributed by atoms with E-state index in [1.807, 2.05) is 0 Å². The molecule has 3 N–H and O–H groups in total. The van der Waals surface area contributed by atoms with Crippen molar-refractivity contribution in [3.63, 3.8) is 0 Å². The number of carbonyl (C=O) groups is 4. The van der Waals surface area contributed by atoms with Gasteiger partial charge in [0.2, 0.25) is 0 Å². The molecule has 6 unspecified atom stereocenters. The number of carbonyl (C=O) groups excluding carboxylic acids is 3. The van der Waals surface area contributed by atoms with Gasteiger partial charge in [0.15, 0.2) is 24.6 Å². The third kappa shape index (κ3) is 40.3. The van der Waals surface area contributed by atoms with Gasteiger partial charge in [-0.3, -0.25) is 14.4 Å². The lowest BCUT2D eigenvalue weighted by Gasteiger charge is -2.40.